The summed E-state index contributed by atoms with van der Waals surface area (Å²) in [4.78, 5) is 26.5. The van der Waals surface area contributed by atoms with Crippen molar-refractivity contribution in [3.05, 3.63) is 11.0 Å². The minimum atomic E-state index is -1.20. The first-order valence-corrected chi connectivity index (χ1v) is 8.21. The number of nitrogens with one attached hydrogen (secondary N) is 1. The number of likely N-dealkylation sites (tertiary alicyclic amines) is 1. The van der Waals surface area contributed by atoms with E-state index < -0.39 is 6.10 Å². The Morgan fingerprint density at radius 1 is 1.40 bits per heavy atom. The molecule has 0 saturated carbocycles. The molecule has 2 aliphatic heterocycles. The Morgan fingerprint density at radius 3 is 2.80 bits per heavy atom. The van der Waals surface area contributed by atoms with E-state index in [2.05, 4.69) is 11.4 Å². The molecule has 20 heavy (non-hydrogen) atoms. The predicted molar refractivity (Wildman–Crippen MR) is 79.2 cm³/mol. The van der Waals surface area contributed by atoms with Crippen LogP contribution >= 0.6 is 11.8 Å². The topological polar surface area (TPSA) is 69.6 Å². The van der Waals surface area contributed by atoms with E-state index in [1.165, 1.54) is 4.91 Å². The van der Waals surface area contributed by atoms with Crippen molar-refractivity contribution in [2.24, 2.45) is 0 Å². The van der Waals surface area contributed by atoms with Crippen LogP contribution in [0.15, 0.2) is 11.0 Å². The van der Waals surface area contributed by atoms with Crippen molar-refractivity contribution in [3.8, 4) is 0 Å². The van der Waals surface area contributed by atoms with Crippen LogP contribution in [0, 0.1) is 0 Å². The highest BCUT2D eigenvalue weighted by Crippen LogP contribution is 2.26. The molecule has 0 aromatic rings. The van der Waals surface area contributed by atoms with E-state index in [9.17, 15) is 14.7 Å². The minimum absolute atomic E-state index is 0.137. The summed E-state index contributed by atoms with van der Waals surface area (Å²) in [5, 5.41) is 12.6. The third-order valence-corrected chi connectivity index (χ3v) is 4.73. The number of allylic oxidation sites excluding steroid dienone is 1. The summed E-state index contributed by atoms with van der Waals surface area (Å²) in [5.74, 6) is 0.562. The first kappa shape index (κ1) is 15.4. The molecule has 5 nitrogen and oxygen atoms in total. The Labute approximate surface area is 123 Å². The van der Waals surface area contributed by atoms with E-state index >= 15 is 0 Å². The normalized spacial score (nSPS) is 19.9. The second kappa shape index (κ2) is 7.69. The van der Waals surface area contributed by atoms with Gasteiger partial charge in [-0.1, -0.05) is 6.08 Å². The number of thioether (sulfide) groups is 1. The Kier molecular flexibility index (Phi) is 5.91. The number of carbonyl (C=O) groups excluding carboxylic acids is 2. The van der Waals surface area contributed by atoms with Crippen molar-refractivity contribution in [1.82, 2.24) is 10.2 Å². The van der Waals surface area contributed by atoms with Crippen LogP contribution in [0.2, 0.25) is 0 Å². The van der Waals surface area contributed by atoms with Gasteiger partial charge in [0.2, 0.25) is 5.91 Å². The molecule has 1 saturated heterocycles. The van der Waals surface area contributed by atoms with Crippen LogP contribution in [0.1, 0.15) is 32.1 Å². The van der Waals surface area contributed by atoms with Gasteiger partial charge in [-0.3, -0.25) is 9.59 Å². The van der Waals surface area contributed by atoms with Crippen LogP contribution in [0.3, 0.4) is 0 Å². The number of carbonyl (C=O) groups is 2. The molecule has 0 spiro atoms. The molecule has 0 aliphatic carbocycles. The van der Waals surface area contributed by atoms with Crippen LogP contribution in [0.5, 0.6) is 0 Å². The second-order valence-electron chi connectivity index (χ2n) is 5.16. The van der Waals surface area contributed by atoms with Crippen molar-refractivity contribution in [3.63, 3.8) is 0 Å². The van der Waals surface area contributed by atoms with Crippen molar-refractivity contribution >= 4 is 23.6 Å². The lowest BCUT2D eigenvalue weighted by molar-refractivity contribution is -0.142. The van der Waals surface area contributed by atoms with E-state index in [0.717, 1.165) is 31.4 Å². The molecule has 1 fully saturated rings. The second-order valence-corrected chi connectivity index (χ2v) is 6.38. The van der Waals surface area contributed by atoms with Gasteiger partial charge in [0.05, 0.1) is 6.42 Å². The summed E-state index contributed by atoms with van der Waals surface area (Å²) in [6.07, 6.45) is 4.77. The number of hydrogen-bond donors (Lipinski definition) is 2. The molecule has 2 aliphatic rings. The predicted octanol–water partition coefficient (Wildman–Crippen LogP) is 0.887. The molecular formula is C14H22N2O3S. The van der Waals surface area contributed by atoms with E-state index in [1.807, 2.05) is 11.8 Å². The van der Waals surface area contributed by atoms with Gasteiger partial charge in [0.1, 0.15) is 6.10 Å². The third kappa shape index (κ3) is 4.52. The van der Waals surface area contributed by atoms with Gasteiger partial charge in [0.15, 0.2) is 0 Å². The summed E-state index contributed by atoms with van der Waals surface area (Å²) in [7, 11) is 0. The fourth-order valence-electron chi connectivity index (χ4n) is 2.45. The SMILES string of the molecule is O=C(C[C@@H](O)C(=O)N1CCCC1)NCCC1=CCCS1. The van der Waals surface area contributed by atoms with Crippen LogP contribution in [-0.4, -0.2) is 53.3 Å². The monoisotopic (exact) mass is 298 g/mol. The fourth-order valence-corrected chi connectivity index (χ4v) is 3.43. The number of aliphatic hydroxyl groups excluding tert-OH is 1. The zero-order valence-electron chi connectivity index (χ0n) is 11.6. The van der Waals surface area contributed by atoms with Crippen molar-refractivity contribution in [1.29, 1.82) is 0 Å². The lowest BCUT2D eigenvalue weighted by Gasteiger charge is -2.19. The number of amides is 2. The Hall–Kier alpha value is -1.01. The van der Waals surface area contributed by atoms with Crippen LogP contribution < -0.4 is 5.32 Å². The molecule has 6 heteroatoms. The largest absolute Gasteiger partial charge is 0.383 e. The first-order valence-electron chi connectivity index (χ1n) is 7.22. The lowest BCUT2D eigenvalue weighted by atomic mass is 10.2. The molecule has 2 amide bonds. The summed E-state index contributed by atoms with van der Waals surface area (Å²) < 4.78 is 0. The minimum Gasteiger partial charge on any atom is -0.383 e. The van der Waals surface area contributed by atoms with Crippen molar-refractivity contribution in [2.45, 2.75) is 38.2 Å². The van der Waals surface area contributed by atoms with Gasteiger partial charge >= 0.3 is 0 Å². The maximum absolute atomic E-state index is 11.8. The van der Waals surface area contributed by atoms with Gasteiger partial charge in [-0.15, -0.1) is 11.8 Å². The quantitative estimate of drug-likeness (QED) is 0.764. The molecule has 0 radical (unpaired) electrons. The molecule has 0 unspecified atom stereocenters. The maximum atomic E-state index is 11.8. The van der Waals surface area contributed by atoms with Crippen LogP contribution in [0.4, 0.5) is 0 Å². The standard InChI is InChI=1S/C14H22N2O3S/c17-12(14(19)16-7-1-2-8-16)10-13(18)15-6-5-11-4-3-9-20-11/h4,12,17H,1-3,5-10H2,(H,15,18)/t12-/m1/s1. The third-order valence-electron chi connectivity index (χ3n) is 3.55. The first-order chi connectivity index (χ1) is 9.66. The zero-order valence-corrected chi connectivity index (χ0v) is 12.5. The molecule has 0 aromatic heterocycles. The fraction of sp³-hybridized carbons (Fsp3) is 0.714. The Balaban J connectivity index is 1.63. The van der Waals surface area contributed by atoms with E-state index in [1.54, 1.807) is 4.90 Å². The smallest absolute Gasteiger partial charge is 0.251 e. The Bertz CT molecular complexity index is 392. The lowest BCUT2D eigenvalue weighted by Crippen LogP contribution is -2.40. The average molecular weight is 298 g/mol. The zero-order chi connectivity index (χ0) is 14.4. The molecular weight excluding hydrogens is 276 g/mol. The summed E-state index contributed by atoms with van der Waals surface area (Å²) in [6.45, 7) is 1.97. The summed E-state index contributed by atoms with van der Waals surface area (Å²) >= 11 is 1.83. The highest BCUT2D eigenvalue weighted by atomic mass is 32.2. The van der Waals surface area contributed by atoms with Gasteiger partial charge < -0.3 is 15.3 Å². The van der Waals surface area contributed by atoms with E-state index in [-0.39, 0.29) is 18.2 Å². The average Bonchev–Trinajstić information content (AvgIpc) is 3.10. The number of hydrogen-bond acceptors (Lipinski definition) is 4. The van der Waals surface area contributed by atoms with Gasteiger partial charge in [-0.25, -0.2) is 0 Å². The van der Waals surface area contributed by atoms with Crippen LogP contribution in [-0.2, 0) is 9.59 Å². The molecule has 2 heterocycles. The highest BCUT2D eigenvalue weighted by molar-refractivity contribution is 8.03. The van der Waals surface area contributed by atoms with Gasteiger partial charge in [-0.2, -0.15) is 0 Å². The molecule has 1 atom stereocenters. The van der Waals surface area contributed by atoms with Crippen molar-refractivity contribution < 1.29 is 14.7 Å². The van der Waals surface area contributed by atoms with E-state index in [0.29, 0.717) is 19.6 Å². The number of rotatable bonds is 6. The van der Waals surface area contributed by atoms with Gasteiger partial charge in [-0.05, 0) is 30.6 Å². The highest BCUT2D eigenvalue weighted by Gasteiger charge is 2.26. The van der Waals surface area contributed by atoms with Gasteiger partial charge in [0.25, 0.3) is 5.91 Å². The Morgan fingerprint density at radius 2 is 2.15 bits per heavy atom. The molecule has 112 valence electrons. The van der Waals surface area contributed by atoms with E-state index in [4.69, 9.17) is 0 Å². The molecule has 2 rings (SSSR count). The molecule has 0 aromatic carbocycles. The van der Waals surface area contributed by atoms with Crippen molar-refractivity contribution in [2.75, 3.05) is 25.4 Å². The molecule has 0 bridgehead atoms. The number of nitrogens with zero attached hydrogens (tertiary/aromatic N) is 1. The summed E-state index contributed by atoms with van der Waals surface area (Å²) in [5.41, 5.74) is 0. The summed E-state index contributed by atoms with van der Waals surface area (Å²) in [6, 6.07) is 0. The maximum Gasteiger partial charge on any atom is 0.251 e. The number of aliphatic hydroxyl groups is 1. The van der Waals surface area contributed by atoms with Crippen LogP contribution in [0.25, 0.3) is 0 Å². The molecule has 2 N–H and O–H groups in total. The van der Waals surface area contributed by atoms with Gasteiger partial charge in [0, 0.05) is 25.4 Å².